The number of rotatable bonds is 3. The van der Waals surface area contributed by atoms with Gasteiger partial charge in [0, 0.05) is 11.8 Å². The van der Waals surface area contributed by atoms with Crippen LogP contribution >= 0.6 is 0 Å². The Kier molecular flexibility index (Phi) is 6.98. The molecule has 200 valence electrons. The van der Waals surface area contributed by atoms with Crippen molar-refractivity contribution >= 4 is 0 Å². The van der Waals surface area contributed by atoms with E-state index in [0.29, 0.717) is 32.1 Å². The monoisotopic (exact) mass is 518 g/mol. The molecule has 0 aromatic heterocycles. The number of hydrogen-bond acceptors (Lipinski definition) is 3. The summed E-state index contributed by atoms with van der Waals surface area (Å²) in [6.45, 7) is 2.13. The summed E-state index contributed by atoms with van der Waals surface area (Å²) < 4.78 is 77.9. The number of allylic oxidation sites excluding steroid dienone is 5. The van der Waals surface area contributed by atoms with Crippen molar-refractivity contribution in [3.05, 3.63) is 34.9 Å². The zero-order chi connectivity index (χ0) is 26.6. The standard InChI is InChI=1S/C27H32F6O3/c1-23-9-2-4-18(6-5-17-14-19(34)16-20(35)15-17)21(23)7-8-22(23)24(12-13-24)10-3-11-25(36,26(28,29)30)27(31,32)33/h5-6,8,19-21,34-36H,2,4,7,9-10,12-16H2,1H3/b18-6+/t19-,20-,21+,23+/m1/s1. The fourth-order valence-electron chi connectivity index (χ4n) is 6.51. The lowest BCUT2D eigenvalue weighted by Crippen LogP contribution is -2.55. The average molecular weight is 519 g/mol. The highest BCUT2D eigenvalue weighted by molar-refractivity contribution is 5.41. The third kappa shape index (κ3) is 4.89. The summed E-state index contributed by atoms with van der Waals surface area (Å²) in [5.74, 6) is 3.37. The van der Waals surface area contributed by atoms with Gasteiger partial charge in [-0.2, -0.15) is 26.3 Å². The SMILES string of the molecule is C[C@]12CCC/C(=C\C=C3C[C@@H](O)C[C@H](O)C3)[C@@H]1CC=C2C1(CC#CC(O)(C(F)(F)F)C(F)(F)F)CC1. The topological polar surface area (TPSA) is 60.7 Å². The Morgan fingerprint density at radius 3 is 2.17 bits per heavy atom. The summed E-state index contributed by atoms with van der Waals surface area (Å²) in [7, 11) is 0. The molecule has 0 saturated heterocycles. The van der Waals surface area contributed by atoms with Gasteiger partial charge in [0.15, 0.2) is 0 Å². The molecule has 0 aliphatic heterocycles. The van der Waals surface area contributed by atoms with Crippen molar-refractivity contribution in [2.45, 2.75) is 101 Å². The van der Waals surface area contributed by atoms with E-state index in [4.69, 9.17) is 0 Å². The number of hydrogen-bond donors (Lipinski definition) is 3. The van der Waals surface area contributed by atoms with Gasteiger partial charge in [-0.3, -0.25) is 0 Å². The number of alkyl halides is 6. The van der Waals surface area contributed by atoms with Gasteiger partial charge in [0.05, 0.1) is 12.2 Å². The molecular weight excluding hydrogens is 486 g/mol. The molecule has 0 amide bonds. The Balaban J connectivity index is 1.53. The summed E-state index contributed by atoms with van der Waals surface area (Å²) in [6.07, 6.45) is -0.870. The first-order chi connectivity index (χ1) is 16.6. The molecule has 0 heterocycles. The lowest BCUT2D eigenvalue weighted by molar-refractivity contribution is -0.343. The van der Waals surface area contributed by atoms with Crippen molar-refractivity contribution in [2.24, 2.45) is 16.7 Å². The zero-order valence-electron chi connectivity index (χ0n) is 20.1. The smallest absolute Gasteiger partial charge is 0.393 e. The molecule has 3 saturated carbocycles. The van der Waals surface area contributed by atoms with E-state index in [1.165, 1.54) is 5.57 Å². The van der Waals surface area contributed by atoms with Gasteiger partial charge in [0.2, 0.25) is 0 Å². The normalized spacial score (nSPS) is 33.5. The third-order valence-electron chi connectivity index (χ3n) is 8.57. The molecule has 0 aromatic carbocycles. The predicted octanol–water partition coefficient (Wildman–Crippen LogP) is 5.91. The Labute approximate surface area is 207 Å². The molecule has 4 atom stereocenters. The van der Waals surface area contributed by atoms with Crippen molar-refractivity contribution < 1.29 is 41.7 Å². The first kappa shape index (κ1) is 27.3. The molecule has 3 fully saturated rings. The van der Waals surface area contributed by atoms with Crippen LogP contribution in [0.1, 0.15) is 71.1 Å². The minimum absolute atomic E-state index is 0.158. The number of fused-ring (bicyclic) bond motifs is 1. The first-order valence-electron chi connectivity index (χ1n) is 12.4. The molecule has 0 aromatic rings. The Bertz CT molecular complexity index is 995. The highest BCUT2D eigenvalue weighted by Gasteiger charge is 2.70. The fraction of sp³-hybridized carbons (Fsp3) is 0.704. The van der Waals surface area contributed by atoms with Gasteiger partial charge < -0.3 is 15.3 Å². The van der Waals surface area contributed by atoms with Crippen LogP contribution < -0.4 is 0 Å². The maximum atomic E-state index is 13.0. The molecule has 36 heavy (non-hydrogen) atoms. The van der Waals surface area contributed by atoms with E-state index in [2.05, 4.69) is 25.0 Å². The summed E-state index contributed by atoms with van der Waals surface area (Å²) in [5, 5.41) is 29.2. The predicted molar refractivity (Wildman–Crippen MR) is 121 cm³/mol. The average Bonchev–Trinajstić information content (AvgIpc) is 3.42. The van der Waals surface area contributed by atoms with Crippen molar-refractivity contribution in [1.29, 1.82) is 0 Å². The molecule has 4 aliphatic carbocycles. The lowest BCUT2D eigenvalue weighted by atomic mass is 9.61. The van der Waals surface area contributed by atoms with E-state index in [-0.39, 0.29) is 17.8 Å². The molecule has 0 bridgehead atoms. The maximum Gasteiger partial charge on any atom is 0.438 e. The lowest BCUT2D eigenvalue weighted by Gasteiger charge is -2.43. The van der Waals surface area contributed by atoms with Crippen LogP contribution in [0.25, 0.3) is 0 Å². The molecule has 9 heteroatoms. The van der Waals surface area contributed by atoms with Gasteiger partial charge in [-0.25, -0.2) is 0 Å². The van der Waals surface area contributed by atoms with Crippen molar-refractivity contribution in [3.63, 3.8) is 0 Å². The molecule has 0 radical (unpaired) electrons. The van der Waals surface area contributed by atoms with Crippen LogP contribution in [0.2, 0.25) is 0 Å². The van der Waals surface area contributed by atoms with E-state index < -0.39 is 35.6 Å². The fourth-order valence-corrected chi connectivity index (χ4v) is 6.51. The van der Waals surface area contributed by atoms with Crippen LogP contribution in [0.15, 0.2) is 34.9 Å². The van der Waals surface area contributed by atoms with Crippen LogP contribution in [0.5, 0.6) is 0 Å². The van der Waals surface area contributed by atoms with E-state index in [1.807, 2.05) is 6.08 Å². The summed E-state index contributed by atoms with van der Waals surface area (Å²) in [6, 6.07) is 0. The first-order valence-corrected chi connectivity index (χ1v) is 12.4. The molecule has 0 spiro atoms. The molecule has 3 N–H and O–H groups in total. The second kappa shape index (κ2) is 9.21. The van der Waals surface area contributed by atoms with E-state index in [0.717, 1.165) is 42.7 Å². The van der Waals surface area contributed by atoms with Gasteiger partial charge in [-0.05, 0) is 75.0 Å². The Morgan fingerprint density at radius 2 is 1.61 bits per heavy atom. The van der Waals surface area contributed by atoms with Gasteiger partial charge in [-0.15, -0.1) is 0 Å². The summed E-state index contributed by atoms with van der Waals surface area (Å²) in [5.41, 5.74) is -2.55. The number of aliphatic hydroxyl groups is 3. The molecule has 3 nitrogen and oxygen atoms in total. The van der Waals surface area contributed by atoms with Gasteiger partial charge in [0.1, 0.15) is 0 Å². The minimum Gasteiger partial charge on any atom is -0.393 e. The number of halogens is 6. The maximum absolute atomic E-state index is 13.0. The van der Waals surface area contributed by atoms with Crippen molar-refractivity contribution in [1.82, 2.24) is 0 Å². The quantitative estimate of drug-likeness (QED) is 0.247. The third-order valence-corrected chi connectivity index (χ3v) is 8.57. The van der Waals surface area contributed by atoms with E-state index >= 15 is 0 Å². The van der Waals surface area contributed by atoms with Crippen LogP contribution in [-0.2, 0) is 0 Å². The van der Waals surface area contributed by atoms with E-state index in [9.17, 15) is 41.7 Å². The molecule has 4 aliphatic rings. The van der Waals surface area contributed by atoms with Crippen molar-refractivity contribution in [3.8, 4) is 11.8 Å². The zero-order valence-corrected chi connectivity index (χ0v) is 20.1. The number of aliphatic hydroxyl groups excluding tert-OH is 2. The largest absolute Gasteiger partial charge is 0.438 e. The Hall–Kier alpha value is -1.76. The molecule has 4 rings (SSSR count). The van der Waals surface area contributed by atoms with Crippen LogP contribution in [0, 0.1) is 28.6 Å². The second-order valence-corrected chi connectivity index (χ2v) is 11.2. The van der Waals surface area contributed by atoms with Crippen LogP contribution in [-0.4, -0.2) is 45.5 Å². The molecular formula is C27H32F6O3. The van der Waals surface area contributed by atoms with E-state index in [1.54, 1.807) is 0 Å². The van der Waals surface area contributed by atoms with Crippen LogP contribution in [0.4, 0.5) is 26.3 Å². The highest BCUT2D eigenvalue weighted by atomic mass is 19.4. The van der Waals surface area contributed by atoms with Crippen LogP contribution in [0.3, 0.4) is 0 Å². The van der Waals surface area contributed by atoms with Gasteiger partial charge in [-0.1, -0.05) is 47.8 Å². The second-order valence-electron chi connectivity index (χ2n) is 11.2. The molecule has 0 unspecified atom stereocenters. The van der Waals surface area contributed by atoms with Gasteiger partial charge in [0.25, 0.3) is 0 Å². The summed E-state index contributed by atoms with van der Waals surface area (Å²) >= 11 is 0. The summed E-state index contributed by atoms with van der Waals surface area (Å²) in [4.78, 5) is 0. The highest BCUT2D eigenvalue weighted by Crippen LogP contribution is 2.67. The van der Waals surface area contributed by atoms with Gasteiger partial charge >= 0.3 is 18.0 Å². The minimum atomic E-state index is -5.94. The van der Waals surface area contributed by atoms with Crippen molar-refractivity contribution in [2.75, 3.05) is 0 Å². The Morgan fingerprint density at radius 1 is 1.00 bits per heavy atom.